The van der Waals surface area contributed by atoms with Gasteiger partial charge in [-0.1, -0.05) is 11.6 Å². The number of imidazole rings is 1. The predicted octanol–water partition coefficient (Wildman–Crippen LogP) is 3.77. The smallest absolute Gasteiger partial charge is 0.231 e. The van der Waals surface area contributed by atoms with Crippen LogP contribution in [-0.2, 0) is 9.59 Å². The quantitative estimate of drug-likeness (QED) is 0.382. The van der Waals surface area contributed by atoms with Crippen molar-refractivity contribution in [3.05, 3.63) is 47.1 Å². The molecule has 2 amide bonds. The zero-order valence-electron chi connectivity index (χ0n) is 16.7. The van der Waals surface area contributed by atoms with E-state index in [1.165, 1.54) is 0 Å². The van der Waals surface area contributed by atoms with Gasteiger partial charge in [-0.05, 0) is 25.5 Å². The lowest BCUT2D eigenvalue weighted by molar-refractivity contribution is -0.117. The predicted molar refractivity (Wildman–Crippen MR) is 114 cm³/mol. The van der Waals surface area contributed by atoms with Crippen molar-refractivity contribution < 1.29 is 18.4 Å². The molecule has 3 atom stereocenters. The van der Waals surface area contributed by atoms with Crippen LogP contribution >= 0.6 is 11.6 Å². The van der Waals surface area contributed by atoms with Gasteiger partial charge >= 0.3 is 0 Å². The number of anilines is 1. The number of alkyl halides is 1. The Labute approximate surface area is 185 Å². The second kappa shape index (κ2) is 7.56. The number of rotatable bonds is 6. The standard InChI is InChI=1S/C21H17ClF2N6O2/c1-9(25-8-31)16-19(24)18(22)17(12-5-26-29-20(12)16)10-2-3-15-27-14(7-30(15)6-10)28-21(32)11-4-13(11)23/h2-3,5-9,11,13H,4H2,1H3,(H,25,31)(H,26,29)(H,28,32)/t9?,11-,13+/m1/s1. The first-order valence-corrected chi connectivity index (χ1v) is 10.2. The number of hydrogen-bond acceptors (Lipinski definition) is 4. The largest absolute Gasteiger partial charge is 0.352 e. The summed E-state index contributed by atoms with van der Waals surface area (Å²) >= 11 is 6.44. The van der Waals surface area contributed by atoms with Gasteiger partial charge < -0.3 is 15.0 Å². The Morgan fingerprint density at radius 2 is 2.19 bits per heavy atom. The third-order valence-corrected chi connectivity index (χ3v) is 5.97. The lowest BCUT2D eigenvalue weighted by atomic mass is 9.97. The van der Waals surface area contributed by atoms with E-state index in [1.54, 1.807) is 42.0 Å². The van der Waals surface area contributed by atoms with Crippen LogP contribution in [0.4, 0.5) is 14.6 Å². The number of carbonyl (C=O) groups is 2. The maximum absolute atomic E-state index is 15.3. The Morgan fingerprint density at radius 1 is 1.41 bits per heavy atom. The van der Waals surface area contributed by atoms with Crippen molar-refractivity contribution in [1.82, 2.24) is 24.9 Å². The van der Waals surface area contributed by atoms with Crippen LogP contribution in [0.1, 0.15) is 24.9 Å². The number of aromatic amines is 1. The summed E-state index contributed by atoms with van der Waals surface area (Å²) in [4.78, 5) is 27.2. The molecule has 0 radical (unpaired) electrons. The van der Waals surface area contributed by atoms with Crippen LogP contribution < -0.4 is 10.6 Å². The number of nitrogens with one attached hydrogen (secondary N) is 3. The van der Waals surface area contributed by atoms with Crippen LogP contribution in [0.3, 0.4) is 0 Å². The number of halogens is 3. The Morgan fingerprint density at radius 3 is 2.91 bits per heavy atom. The van der Waals surface area contributed by atoms with E-state index in [1.807, 2.05) is 0 Å². The summed E-state index contributed by atoms with van der Waals surface area (Å²) in [6.07, 6.45) is 4.46. The highest BCUT2D eigenvalue weighted by molar-refractivity contribution is 6.35. The van der Waals surface area contributed by atoms with E-state index >= 15 is 4.39 Å². The number of nitrogens with zero attached hydrogens (tertiary/aromatic N) is 3. The fourth-order valence-electron chi connectivity index (χ4n) is 3.87. The van der Waals surface area contributed by atoms with E-state index in [2.05, 4.69) is 25.8 Å². The average molecular weight is 459 g/mol. The first-order chi connectivity index (χ1) is 15.4. The molecule has 1 fully saturated rings. The molecule has 1 aliphatic carbocycles. The fraction of sp³-hybridized carbons (Fsp3) is 0.238. The molecule has 1 aromatic carbocycles. The van der Waals surface area contributed by atoms with Gasteiger partial charge in [0, 0.05) is 28.3 Å². The molecule has 0 bridgehead atoms. The Hall–Kier alpha value is -3.53. The lowest BCUT2D eigenvalue weighted by Gasteiger charge is -2.17. The van der Waals surface area contributed by atoms with Crippen molar-refractivity contribution >= 4 is 46.3 Å². The van der Waals surface area contributed by atoms with Crippen LogP contribution in [0, 0.1) is 11.7 Å². The van der Waals surface area contributed by atoms with Crippen molar-refractivity contribution in [2.45, 2.75) is 25.6 Å². The van der Waals surface area contributed by atoms with Crippen LogP contribution in [0.2, 0.25) is 5.02 Å². The van der Waals surface area contributed by atoms with Gasteiger partial charge in [-0.2, -0.15) is 5.10 Å². The van der Waals surface area contributed by atoms with Crippen LogP contribution in [0.5, 0.6) is 0 Å². The van der Waals surface area contributed by atoms with E-state index in [0.717, 1.165) is 0 Å². The van der Waals surface area contributed by atoms with Gasteiger partial charge in [0.15, 0.2) is 5.82 Å². The average Bonchev–Trinajstić information content (AvgIpc) is 3.12. The van der Waals surface area contributed by atoms with E-state index in [-0.39, 0.29) is 17.0 Å². The Kier molecular flexibility index (Phi) is 4.81. The van der Waals surface area contributed by atoms with Crippen LogP contribution in [-0.4, -0.2) is 38.1 Å². The third kappa shape index (κ3) is 3.27. The van der Waals surface area contributed by atoms with Crippen molar-refractivity contribution in [2.75, 3.05) is 5.32 Å². The number of carbonyl (C=O) groups excluding carboxylic acids is 2. The molecule has 1 aliphatic rings. The summed E-state index contributed by atoms with van der Waals surface area (Å²) in [7, 11) is 0. The molecule has 3 N–H and O–H groups in total. The minimum absolute atomic E-state index is 0.107. The molecule has 3 aromatic heterocycles. The van der Waals surface area contributed by atoms with Gasteiger partial charge in [-0.25, -0.2) is 13.8 Å². The van der Waals surface area contributed by atoms with Crippen LogP contribution in [0.15, 0.2) is 30.7 Å². The molecule has 0 spiro atoms. The second-order valence-electron chi connectivity index (χ2n) is 7.74. The molecule has 5 rings (SSSR count). The molecule has 164 valence electrons. The van der Waals surface area contributed by atoms with Gasteiger partial charge in [-0.15, -0.1) is 0 Å². The van der Waals surface area contributed by atoms with Gasteiger partial charge in [0.1, 0.15) is 17.6 Å². The number of fused-ring (bicyclic) bond motifs is 2. The highest BCUT2D eigenvalue weighted by Crippen LogP contribution is 2.41. The normalized spacial score (nSPS) is 18.6. The number of hydrogen-bond donors (Lipinski definition) is 3. The first kappa shape index (κ1) is 20.4. The monoisotopic (exact) mass is 458 g/mol. The Balaban J connectivity index is 1.58. The molecule has 32 heavy (non-hydrogen) atoms. The summed E-state index contributed by atoms with van der Waals surface area (Å²) in [5, 5.41) is 12.4. The first-order valence-electron chi connectivity index (χ1n) is 9.86. The molecular formula is C21H17ClF2N6O2. The third-order valence-electron chi connectivity index (χ3n) is 5.62. The highest BCUT2D eigenvalue weighted by atomic mass is 35.5. The van der Waals surface area contributed by atoms with Gasteiger partial charge in [0.2, 0.25) is 12.3 Å². The number of aromatic nitrogens is 4. The molecule has 11 heteroatoms. The maximum atomic E-state index is 15.3. The molecule has 0 saturated heterocycles. The molecule has 4 aromatic rings. The number of pyridine rings is 1. The number of benzene rings is 1. The summed E-state index contributed by atoms with van der Waals surface area (Å²) in [5.74, 6) is -1.40. The van der Waals surface area contributed by atoms with E-state index in [4.69, 9.17) is 11.6 Å². The summed E-state index contributed by atoms with van der Waals surface area (Å²) < 4.78 is 30.0. The second-order valence-corrected chi connectivity index (χ2v) is 8.12. The molecule has 0 aliphatic heterocycles. The van der Waals surface area contributed by atoms with E-state index < -0.39 is 29.9 Å². The molecule has 1 unspecified atom stereocenters. The maximum Gasteiger partial charge on any atom is 0.231 e. The molecular weight excluding hydrogens is 442 g/mol. The zero-order valence-corrected chi connectivity index (χ0v) is 17.5. The van der Waals surface area contributed by atoms with E-state index in [0.29, 0.717) is 39.9 Å². The Bertz CT molecular complexity index is 1380. The van der Waals surface area contributed by atoms with E-state index in [9.17, 15) is 14.0 Å². The highest BCUT2D eigenvalue weighted by Gasteiger charge is 2.43. The van der Waals surface area contributed by atoms with Gasteiger partial charge in [0.25, 0.3) is 0 Å². The number of H-pyrrole nitrogens is 1. The topological polar surface area (TPSA) is 104 Å². The molecule has 1 saturated carbocycles. The van der Waals surface area contributed by atoms with Crippen LogP contribution in [0.25, 0.3) is 27.7 Å². The van der Waals surface area contributed by atoms with Gasteiger partial charge in [0.05, 0.1) is 34.9 Å². The number of amides is 2. The minimum atomic E-state index is -1.10. The summed E-state index contributed by atoms with van der Waals surface area (Å²) in [5.41, 5.74) is 2.19. The minimum Gasteiger partial charge on any atom is -0.352 e. The summed E-state index contributed by atoms with van der Waals surface area (Å²) in [6, 6.07) is 2.80. The zero-order chi connectivity index (χ0) is 22.6. The lowest BCUT2D eigenvalue weighted by Crippen LogP contribution is -2.18. The molecule has 3 heterocycles. The van der Waals surface area contributed by atoms with Crippen molar-refractivity contribution in [3.8, 4) is 11.1 Å². The fourth-order valence-corrected chi connectivity index (χ4v) is 4.18. The van der Waals surface area contributed by atoms with Crippen molar-refractivity contribution in [3.63, 3.8) is 0 Å². The SMILES string of the molecule is CC(NC=O)c1c(F)c(Cl)c(-c2ccc3nc(NC(=O)[C@@H]4C[C@@H]4F)cn3c2)c2cn[nH]c12. The summed E-state index contributed by atoms with van der Waals surface area (Å²) in [6.45, 7) is 1.64. The molecule has 8 nitrogen and oxygen atoms in total. The van der Waals surface area contributed by atoms with Crippen molar-refractivity contribution in [2.24, 2.45) is 5.92 Å². The van der Waals surface area contributed by atoms with Gasteiger partial charge in [-0.3, -0.25) is 14.7 Å². The van der Waals surface area contributed by atoms with Crippen molar-refractivity contribution in [1.29, 1.82) is 0 Å².